The zero-order valence-electron chi connectivity index (χ0n) is 14.4. The van der Waals surface area contributed by atoms with Gasteiger partial charge in [-0.25, -0.2) is 4.79 Å². The molecule has 27 heavy (non-hydrogen) atoms. The molecule has 0 saturated carbocycles. The molecule has 3 rings (SSSR count). The highest BCUT2D eigenvalue weighted by atomic mass is 35.5. The van der Waals surface area contributed by atoms with Crippen molar-refractivity contribution in [2.24, 2.45) is 0 Å². The summed E-state index contributed by atoms with van der Waals surface area (Å²) in [4.78, 5) is 24.6. The largest absolute Gasteiger partial charge is 0.449 e. The number of nitrogens with one attached hydrogen (secondary N) is 1. The van der Waals surface area contributed by atoms with Crippen molar-refractivity contribution >= 4 is 64.3 Å². The van der Waals surface area contributed by atoms with Crippen LogP contribution in [0.15, 0.2) is 42.5 Å². The Hall–Kier alpha value is -1.34. The van der Waals surface area contributed by atoms with E-state index in [1.54, 1.807) is 24.3 Å². The molecule has 0 aliphatic carbocycles. The number of amides is 1. The van der Waals surface area contributed by atoms with Crippen molar-refractivity contribution in [2.75, 3.05) is 16.8 Å². The second kappa shape index (κ2) is 9.24. The monoisotopic (exact) mass is 441 g/mol. The van der Waals surface area contributed by atoms with Gasteiger partial charge in [0.1, 0.15) is 0 Å². The van der Waals surface area contributed by atoms with E-state index >= 15 is 0 Å². The van der Waals surface area contributed by atoms with Crippen LogP contribution in [0.5, 0.6) is 0 Å². The number of ether oxygens (including phenoxy) is 1. The molecule has 1 aliphatic rings. The number of carbonyl (C=O) groups is 2. The molecule has 142 valence electrons. The molecule has 1 amide bonds. The Morgan fingerprint density at radius 3 is 2.44 bits per heavy atom. The summed E-state index contributed by atoms with van der Waals surface area (Å²) in [5, 5.41) is 3.41. The van der Waals surface area contributed by atoms with E-state index in [-0.39, 0.29) is 0 Å². The lowest BCUT2D eigenvalue weighted by Crippen LogP contribution is -2.30. The predicted octanol–water partition coefficient (Wildman–Crippen LogP) is 5.66. The zero-order chi connectivity index (χ0) is 19.4. The van der Waals surface area contributed by atoms with Crippen molar-refractivity contribution in [1.29, 1.82) is 0 Å². The maximum Gasteiger partial charge on any atom is 0.338 e. The molecule has 2 aromatic carbocycles. The molecule has 0 aromatic heterocycles. The Labute approximate surface area is 176 Å². The van der Waals surface area contributed by atoms with Crippen LogP contribution in [0.4, 0.5) is 5.69 Å². The van der Waals surface area contributed by atoms with Crippen LogP contribution in [0.3, 0.4) is 0 Å². The van der Waals surface area contributed by atoms with E-state index in [2.05, 4.69) is 5.32 Å². The zero-order valence-corrected chi connectivity index (χ0v) is 17.6. The molecule has 1 N–H and O–H groups in total. The Morgan fingerprint density at radius 1 is 1.11 bits per heavy atom. The second-order valence-electron chi connectivity index (χ2n) is 5.86. The summed E-state index contributed by atoms with van der Waals surface area (Å²) in [5.74, 6) is 1.25. The van der Waals surface area contributed by atoms with Gasteiger partial charge in [-0.15, -0.1) is 23.5 Å². The van der Waals surface area contributed by atoms with Crippen LogP contribution < -0.4 is 5.32 Å². The number of esters is 1. The highest BCUT2D eigenvalue weighted by molar-refractivity contribution is 8.19. The number of halogens is 2. The van der Waals surface area contributed by atoms with Crippen LogP contribution in [0.25, 0.3) is 0 Å². The summed E-state index contributed by atoms with van der Waals surface area (Å²) in [6, 6.07) is 12.1. The van der Waals surface area contributed by atoms with Gasteiger partial charge in [0, 0.05) is 16.5 Å². The van der Waals surface area contributed by atoms with E-state index in [1.807, 2.05) is 35.7 Å². The lowest BCUT2D eigenvalue weighted by atomic mass is 10.1. The number of hydrogen-bond acceptors (Lipinski definition) is 5. The van der Waals surface area contributed by atoms with E-state index < -0.39 is 18.0 Å². The fourth-order valence-corrected chi connectivity index (χ4v) is 5.63. The van der Waals surface area contributed by atoms with Gasteiger partial charge in [-0.1, -0.05) is 35.3 Å². The Morgan fingerprint density at radius 2 is 1.78 bits per heavy atom. The van der Waals surface area contributed by atoms with E-state index in [0.29, 0.717) is 25.9 Å². The van der Waals surface area contributed by atoms with Crippen molar-refractivity contribution in [3.63, 3.8) is 0 Å². The van der Waals surface area contributed by atoms with Crippen LogP contribution in [0.2, 0.25) is 10.0 Å². The van der Waals surface area contributed by atoms with Crippen LogP contribution in [0, 0.1) is 0 Å². The van der Waals surface area contributed by atoms with Gasteiger partial charge in [-0.3, -0.25) is 4.79 Å². The van der Waals surface area contributed by atoms with Crippen molar-refractivity contribution in [2.45, 2.75) is 17.6 Å². The number of carbonyl (C=O) groups excluding carboxylic acids is 2. The highest BCUT2D eigenvalue weighted by Gasteiger charge is 2.21. The molecule has 0 bridgehead atoms. The average Bonchev–Trinajstić information content (AvgIpc) is 3.19. The third kappa shape index (κ3) is 5.35. The Balaban J connectivity index is 1.59. The third-order valence-electron chi connectivity index (χ3n) is 3.88. The van der Waals surface area contributed by atoms with Gasteiger partial charge in [-0.05, 0) is 42.8 Å². The molecule has 1 unspecified atom stereocenters. The minimum Gasteiger partial charge on any atom is -0.449 e. The van der Waals surface area contributed by atoms with Crippen molar-refractivity contribution in [3.8, 4) is 0 Å². The maximum absolute atomic E-state index is 12.3. The topological polar surface area (TPSA) is 55.4 Å². The Bertz CT molecular complexity index is 839. The second-order valence-corrected chi connectivity index (χ2v) is 9.42. The van der Waals surface area contributed by atoms with E-state index in [4.69, 9.17) is 27.9 Å². The molecule has 4 nitrogen and oxygen atoms in total. The van der Waals surface area contributed by atoms with E-state index in [1.165, 1.54) is 18.6 Å². The highest BCUT2D eigenvalue weighted by Crippen LogP contribution is 2.45. The summed E-state index contributed by atoms with van der Waals surface area (Å²) in [6.45, 7) is 1.51. The SMILES string of the molecule is CC(OC(=O)c1ccc(C2SCCS2)cc1)C(=O)Nc1cc(Cl)ccc1Cl. The number of thioether (sulfide) groups is 2. The summed E-state index contributed by atoms with van der Waals surface area (Å²) >= 11 is 15.7. The molecular weight excluding hydrogens is 425 g/mol. The molecule has 2 aromatic rings. The number of rotatable bonds is 5. The molecular formula is C19H17Cl2NO3S2. The van der Waals surface area contributed by atoms with Gasteiger partial charge in [0.05, 0.1) is 20.9 Å². The van der Waals surface area contributed by atoms with Crippen molar-refractivity contribution in [1.82, 2.24) is 0 Å². The van der Waals surface area contributed by atoms with Crippen LogP contribution in [-0.4, -0.2) is 29.5 Å². The molecule has 0 spiro atoms. The maximum atomic E-state index is 12.3. The summed E-state index contributed by atoms with van der Waals surface area (Å²) < 4.78 is 5.69. The predicted molar refractivity (Wildman–Crippen MR) is 114 cm³/mol. The van der Waals surface area contributed by atoms with E-state index in [0.717, 1.165) is 11.5 Å². The summed E-state index contributed by atoms with van der Waals surface area (Å²) in [7, 11) is 0. The third-order valence-corrected chi connectivity index (χ3v) is 7.55. The number of hydrogen-bond donors (Lipinski definition) is 1. The molecule has 1 aliphatic heterocycles. The van der Waals surface area contributed by atoms with Crippen molar-refractivity contribution < 1.29 is 14.3 Å². The first kappa shape index (κ1) is 20.4. The summed E-state index contributed by atoms with van der Waals surface area (Å²) in [5.41, 5.74) is 1.96. The van der Waals surface area contributed by atoms with Crippen LogP contribution in [0.1, 0.15) is 27.4 Å². The normalized spacial score (nSPS) is 15.4. The van der Waals surface area contributed by atoms with Crippen LogP contribution in [-0.2, 0) is 9.53 Å². The molecule has 1 atom stereocenters. The number of benzene rings is 2. The first-order chi connectivity index (χ1) is 12.9. The van der Waals surface area contributed by atoms with Gasteiger partial charge < -0.3 is 10.1 Å². The fraction of sp³-hybridized carbons (Fsp3) is 0.263. The number of anilines is 1. The van der Waals surface area contributed by atoms with Gasteiger partial charge >= 0.3 is 5.97 Å². The van der Waals surface area contributed by atoms with E-state index in [9.17, 15) is 9.59 Å². The molecule has 0 radical (unpaired) electrons. The lowest BCUT2D eigenvalue weighted by Gasteiger charge is -2.15. The first-order valence-corrected chi connectivity index (χ1v) is 11.1. The van der Waals surface area contributed by atoms with Gasteiger partial charge in [0.2, 0.25) is 0 Å². The quantitative estimate of drug-likeness (QED) is 0.606. The standard InChI is InChI=1S/C19H17Cl2NO3S2/c1-11(17(23)22-16-10-14(20)6-7-15(16)21)25-18(24)12-2-4-13(5-3-12)19-26-8-9-27-19/h2-7,10-11,19H,8-9H2,1H3,(H,22,23). The molecule has 8 heteroatoms. The molecule has 1 fully saturated rings. The van der Waals surface area contributed by atoms with Crippen LogP contribution >= 0.6 is 46.7 Å². The Kier molecular flexibility index (Phi) is 6.98. The molecule has 1 saturated heterocycles. The van der Waals surface area contributed by atoms with Crippen molar-refractivity contribution in [3.05, 3.63) is 63.6 Å². The fourth-order valence-electron chi connectivity index (χ4n) is 2.44. The van der Waals surface area contributed by atoms with Gasteiger partial charge in [-0.2, -0.15) is 0 Å². The molecule has 1 heterocycles. The summed E-state index contributed by atoms with van der Waals surface area (Å²) in [6.07, 6.45) is -0.979. The van der Waals surface area contributed by atoms with Gasteiger partial charge in [0.15, 0.2) is 6.10 Å². The minimum atomic E-state index is -0.979. The lowest BCUT2D eigenvalue weighted by molar-refractivity contribution is -0.123. The average molecular weight is 442 g/mol. The smallest absolute Gasteiger partial charge is 0.338 e. The van der Waals surface area contributed by atoms with Gasteiger partial charge in [0.25, 0.3) is 5.91 Å². The minimum absolute atomic E-state index is 0.351. The first-order valence-electron chi connectivity index (χ1n) is 8.24.